The van der Waals surface area contributed by atoms with Crippen molar-refractivity contribution in [2.75, 3.05) is 13.1 Å². The van der Waals surface area contributed by atoms with Crippen molar-refractivity contribution >= 4 is 33.4 Å². The lowest BCUT2D eigenvalue weighted by atomic mass is 9.97. The fourth-order valence-electron chi connectivity index (χ4n) is 2.46. The van der Waals surface area contributed by atoms with Crippen LogP contribution in [0, 0.1) is 5.92 Å². The molecule has 1 saturated heterocycles. The van der Waals surface area contributed by atoms with Gasteiger partial charge in [0.1, 0.15) is 5.69 Å². The SMILES string of the molecule is O=C(O)C1CCN(C(=O)c2cc3sccc3[nH]2)CC1. The van der Waals surface area contributed by atoms with Crippen LogP contribution in [-0.2, 0) is 4.79 Å². The average Bonchev–Trinajstić information content (AvgIpc) is 2.98. The number of likely N-dealkylation sites (tertiary alicyclic amines) is 1. The van der Waals surface area contributed by atoms with Gasteiger partial charge in [-0.2, -0.15) is 0 Å². The molecule has 0 spiro atoms. The van der Waals surface area contributed by atoms with Gasteiger partial charge in [0.05, 0.1) is 16.1 Å². The van der Waals surface area contributed by atoms with E-state index in [4.69, 9.17) is 5.11 Å². The van der Waals surface area contributed by atoms with E-state index in [0.29, 0.717) is 31.6 Å². The first kappa shape index (κ1) is 12.2. The zero-order chi connectivity index (χ0) is 13.4. The number of thiophene rings is 1. The van der Waals surface area contributed by atoms with Crippen molar-refractivity contribution in [1.29, 1.82) is 0 Å². The first-order valence-corrected chi connectivity index (χ1v) is 7.11. The van der Waals surface area contributed by atoms with E-state index in [9.17, 15) is 9.59 Å². The number of aromatic amines is 1. The Balaban J connectivity index is 1.71. The molecule has 0 aliphatic carbocycles. The van der Waals surface area contributed by atoms with Crippen LogP contribution < -0.4 is 0 Å². The fraction of sp³-hybridized carbons (Fsp3) is 0.385. The van der Waals surface area contributed by atoms with Crippen LogP contribution in [0.3, 0.4) is 0 Å². The van der Waals surface area contributed by atoms with E-state index >= 15 is 0 Å². The molecule has 2 aromatic heterocycles. The number of carbonyl (C=O) groups excluding carboxylic acids is 1. The molecular formula is C13H14N2O3S. The number of hydrogen-bond acceptors (Lipinski definition) is 3. The maximum atomic E-state index is 12.3. The summed E-state index contributed by atoms with van der Waals surface area (Å²) < 4.78 is 1.07. The van der Waals surface area contributed by atoms with Crippen LogP contribution in [0.15, 0.2) is 17.5 Å². The van der Waals surface area contributed by atoms with Gasteiger partial charge < -0.3 is 15.0 Å². The third-order valence-electron chi connectivity index (χ3n) is 3.60. The summed E-state index contributed by atoms with van der Waals surface area (Å²) in [6.45, 7) is 1.03. The predicted octanol–water partition coefficient (Wildman–Crippen LogP) is 2.17. The number of nitrogens with one attached hydrogen (secondary N) is 1. The summed E-state index contributed by atoms with van der Waals surface area (Å²) in [4.78, 5) is 28.0. The highest BCUT2D eigenvalue weighted by molar-refractivity contribution is 7.17. The van der Waals surface area contributed by atoms with Crippen molar-refractivity contribution < 1.29 is 14.7 Å². The second-order valence-corrected chi connectivity index (χ2v) is 5.73. The Labute approximate surface area is 113 Å². The van der Waals surface area contributed by atoms with Crippen LogP contribution in [0.5, 0.6) is 0 Å². The number of H-pyrrole nitrogens is 1. The Kier molecular flexibility index (Phi) is 3.02. The Hall–Kier alpha value is -1.82. The van der Waals surface area contributed by atoms with Crippen LogP contribution in [0.4, 0.5) is 0 Å². The molecular weight excluding hydrogens is 264 g/mol. The molecule has 3 rings (SSSR count). The molecule has 0 radical (unpaired) electrons. The lowest BCUT2D eigenvalue weighted by molar-refractivity contribution is -0.143. The largest absolute Gasteiger partial charge is 0.481 e. The summed E-state index contributed by atoms with van der Waals surface area (Å²) >= 11 is 1.60. The summed E-state index contributed by atoms with van der Waals surface area (Å²) in [6, 6.07) is 3.82. The minimum absolute atomic E-state index is 0.0350. The molecule has 1 aliphatic rings. The van der Waals surface area contributed by atoms with E-state index in [-0.39, 0.29) is 11.8 Å². The quantitative estimate of drug-likeness (QED) is 0.884. The van der Waals surface area contributed by atoms with Crippen LogP contribution in [0.1, 0.15) is 23.3 Å². The number of carbonyl (C=O) groups is 2. The summed E-state index contributed by atoms with van der Waals surface area (Å²) in [7, 11) is 0. The Bertz CT molecular complexity index is 594. The Morgan fingerprint density at radius 2 is 2.11 bits per heavy atom. The van der Waals surface area contributed by atoms with Crippen molar-refractivity contribution in [3.05, 3.63) is 23.2 Å². The highest BCUT2D eigenvalue weighted by Crippen LogP contribution is 2.24. The molecule has 2 aromatic rings. The van der Waals surface area contributed by atoms with E-state index in [0.717, 1.165) is 10.2 Å². The number of amides is 1. The van der Waals surface area contributed by atoms with Crippen molar-refractivity contribution in [2.45, 2.75) is 12.8 Å². The third kappa shape index (κ3) is 2.23. The average molecular weight is 278 g/mol. The van der Waals surface area contributed by atoms with Gasteiger partial charge in [0.25, 0.3) is 5.91 Å². The van der Waals surface area contributed by atoms with Gasteiger partial charge in [0.15, 0.2) is 0 Å². The molecule has 3 heterocycles. The monoisotopic (exact) mass is 278 g/mol. The van der Waals surface area contributed by atoms with Gasteiger partial charge in [-0.15, -0.1) is 11.3 Å². The summed E-state index contributed by atoms with van der Waals surface area (Å²) in [5.74, 6) is -1.10. The highest BCUT2D eigenvalue weighted by Gasteiger charge is 2.28. The zero-order valence-corrected chi connectivity index (χ0v) is 11.1. The van der Waals surface area contributed by atoms with Gasteiger partial charge in [-0.1, -0.05) is 0 Å². The van der Waals surface area contributed by atoms with Crippen molar-refractivity contribution in [3.63, 3.8) is 0 Å². The molecule has 5 nitrogen and oxygen atoms in total. The first-order chi connectivity index (χ1) is 9.15. The van der Waals surface area contributed by atoms with E-state index < -0.39 is 5.97 Å². The number of hydrogen-bond donors (Lipinski definition) is 2. The van der Waals surface area contributed by atoms with Crippen molar-refractivity contribution in [2.24, 2.45) is 5.92 Å². The van der Waals surface area contributed by atoms with Gasteiger partial charge in [-0.05, 0) is 30.4 Å². The van der Waals surface area contributed by atoms with Crippen LogP contribution in [-0.4, -0.2) is 40.0 Å². The summed E-state index contributed by atoms with van der Waals surface area (Å²) in [5, 5.41) is 10.9. The van der Waals surface area contributed by atoms with Gasteiger partial charge in [-0.3, -0.25) is 9.59 Å². The molecule has 1 aliphatic heterocycles. The Morgan fingerprint density at radius 3 is 2.74 bits per heavy atom. The molecule has 100 valence electrons. The van der Waals surface area contributed by atoms with E-state index in [1.165, 1.54) is 0 Å². The van der Waals surface area contributed by atoms with E-state index in [1.807, 2.05) is 17.5 Å². The number of rotatable bonds is 2. The molecule has 6 heteroatoms. The van der Waals surface area contributed by atoms with Gasteiger partial charge in [0.2, 0.25) is 0 Å². The topological polar surface area (TPSA) is 73.4 Å². The number of aliphatic carboxylic acids is 1. The maximum absolute atomic E-state index is 12.3. The second-order valence-electron chi connectivity index (χ2n) is 4.79. The minimum atomic E-state index is -0.757. The molecule has 1 amide bonds. The molecule has 19 heavy (non-hydrogen) atoms. The van der Waals surface area contributed by atoms with E-state index in [2.05, 4.69) is 4.98 Å². The minimum Gasteiger partial charge on any atom is -0.481 e. The first-order valence-electron chi connectivity index (χ1n) is 6.23. The molecule has 2 N–H and O–H groups in total. The number of nitrogens with zero attached hydrogens (tertiary/aromatic N) is 1. The summed E-state index contributed by atoms with van der Waals surface area (Å²) in [6.07, 6.45) is 1.08. The van der Waals surface area contributed by atoms with Gasteiger partial charge in [-0.25, -0.2) is 0 Å². The predicted molar refractivity (Wildman–Crippen MR) is 72.4 cm³/mol. The molecule has 0 aromatic carbocycles. The second kappa shape index (κ2) is 4.70. The van der Waals surface area contributed by atoms with Crippen molar-refractivity contribution in [3.8, 4) is 0 Å². The Morgan fingerprint density at radius 1 is 1.37 bits per heavy atom. The van der Waals surface area contributed by atoms with Crippen LogP contribution in [0.2, 0.25) is 0 Å². The fourth-order valence-corrected chi connectivity index (χ4v) is 3.25. The maximum Gasteiger partial charge on any atom is 0.306 e. The highest BCUT2D eigenvalue weighted by atomic mass is 32.1. The molecule has 1 fully saturated rings. The number of carboxylic acid groups (broad SMARTS) is 1. The van der Waals surface area contributed by atoms with E-state index in [1.54, 1.807) is 16.2 Å². The van der Waals surface area contributed by atoms with Gasteiger partial charge in [0, 0.05) is 13.1 Å². The molecule has 0 unspecified atom stereocenters. The number of fused-ring (bicyclic) bond motifs is 1. The standard InChI is InChI=1S/C13H14N2O3S/c16-12(10-7-11-9(14-10)3-6-19-11)15-4-1-8(2-5-15)13(17)18/h3,6-8,14H,1-2,4-5H2,(H,17,18). The van der Waals surface area contributed by atoms with Gasteiger partial charge >= 0.3 is 5.97 Å². The number of aromatic nitrogens is 1. The lowest BCUT2D eigenvalue weighted by Gasteiger charge is -2.29. The molecule has 0 bridgehead atoms. The lowest BCUT2D eigenvalue weighted by Crippen LogP contribution is -2.40. The van der Waals surface area contributed by atoms with Crippen LogP contribution >= 0.6 is 11.3 Å². The van der Waals surface area contributed by atoms with Crippen LogP contribution in [0.25, 0.3) is 10.2 Å². The smallest absolute Gasteiger partial charge is 0.306 e. The summed E-state index contributed by atoms with van der Waals surface area (Å²) in [5.41, 5.74) is 1.57. The normalized spacial score (nSPS) is 16.9. The third-order valence-corrected chi connectivity index (χ3v) is 4.47. The number of carboxylic acids is 1. The molecule has 0 saturated carbocycles. The molecule has 0 atom stereocenters. The van der Waals surface area contributed by atoms with Crippen molar-refractivity contribution in [1.82, 2.24) is 9.88 Å². The number of piperidine rings is 1. The zero-order valence-electron chi connectivity index (χ0n) is 10.3.